The normalized spacial score (nSPS) is 9.95. The summed E-state index contributed by atoms with van der Waals surface area (Å²) in [7, 11) is 0. The van der Waals surface area contributed by atoms with Crippen molar-refractivity contribution in [3.8, 4) is 0 Å². The van der Waals surface area contributed by atoms with Crippen molar-refractivity contribution >= 4 is 30.1 Å². The summed E-state index contributed by atoms with van der Waals surface area (Å²) < 4.78 is 0. The molecule has 2 aromatic carbocycles. The second-order valence-electron chi connectivity index (χ2n) is 3.91. The molecule has 19 heavy (non-hydrogen) atoms. The Morgan fingerprint density at radius 2 is 1.37 bits per heavy atom. The molecule has 1 N–H and O–H groups in total. The molecule has 0 atom stereocenters. The van der Waals surface area contributed by atoms with Crippen LogP contribution in [0.5, 0.6) is 0 Å². The zero-order chi connectivity index (χ0) is 12.8. The fourth-order valence-corrected chi connectivity index (χ4v) is 2.80. The quantitative estimate of drug-likeness (QED) is 0.905. The number of thioether (sulfide) groups is 1. The van der Waals surface area contributed by atoms with Gasteiger partial charge in [-0.2, -0.15) is 0 Å². The van der Waals surface area contributed by atoms with Gasteiger partial charge in [-0.25, -0.2) is 0 Å². The first-order valence-corrected chi connectivity index (χ1v) is 6.75. The molecule has 0 saturated carbocycles. The number of carbonyl (C=O) groups is 1. The Balaban J connectivity index is 0.00000180. The Morgan fingerprint density at radius 3 is 1.74 bits per heavy atom. The number of hydrogen-bond acceptors (Lipinski definition) is 2. The van der Waals surface area contributed by atoms with E-state index in [2.05, 4.69) is 0 Å². The number of rotatable bonds is 5. The van der Waals surface area contributed by atoms with Crippen molar-refractivity contribution in [1.82, 2.24) is 0 Å². The molecule has 0 heterocycles. The third-order valence-electron chi connectivity index (χ3n) is 2.58. The minimum absolute atomic E-state index is 0. The molecule has 100 valence electrons. The summed E-state index contributed by atoms with van der Waals surface area (Å²) in [5.41, 5.74) is 2.27. The lowest BCUT2D eigenvalue weighted by molar-refractivity contribution is -0.133. The summed E-state index contributed by atoms with van der Waals surface area (Å²) in [6, 6.07) is 20.0. The van der Waals surface area contributed by atoms with E-state index in [9.17, 15) is 4.79 Å². The van der Waals surface area contributed by atoms with Gasteiger partial charge >= 0.3 is 5.97 Å². The number of carboxylic acid groups (broad SMARTS) is 1. The van der Waals surface area contributed by atoms with E-state index in [4.69, 9.17) is 5.11 Å². The molecule has 0 amide bonds. The number of hydrogen-bond donors (Lipinski definition) is 1. The van der Waals surface area contributed by atoms with Gasteiger partial charge in [0.2, 0.25) is 0 Å². The Bertz CT molecular complexity index is 463. The van der Waals surface area contributed by atoms with Crippen LogP contribution in [0.1, 0.15) is 16.4 Å². The Hall–Kier alpha value is -1.45. The van der Waals surface area contributed by atoms with E-state index in [-0.39, 0.29) is 23.4 Å². The first kappa shape index (κ1) is 15.6. The van der Waals surface area contributed by atoms with Crippen molar-refractivity contribution in [1.29, 1.82) is 0 Å². The fraction of sp³-hybridized carbons (Fsp3) is 0.133. The Labute approximate surface area is 123 Å². The van der Waals surface area contributed by atoms with Gasteiger partial charge in [-0.1, -0.05) is 60.7 Å². The van der Waals surface area contributed by atoms with Gasteiger partial charge in [0.15, 0.2) is 0 Å². The number of carboxylic acids is 1. The highest BCUT2D eigenvalue weighted by Crippen LogP contribution is 2.35. The van der Waals surface area contributed by atoms with E-state index < -0.39 is 5.97 Å². The van der Waals surface area contributed by atoms with E-state index in [1.165, 1.54) is 11.8 Å². The number of halogens is 1. The first-order chi connectivity index (χ1) is 8.77. The Morgan fingerprint density at radius 1 is 0.947 bits per heavy atom. The smallest absolute Gasteiger partial charge is 0.313 e. The van der Waals surface area contributed by atoms with Crippen LogP contribution in [-0.2, 0) is 4.79 Å². The van der Waals surface area contributed by atoms with Gasteiger partial charge in [0.1, 0.15) is 0 Å². The maximum atomic E-state index is 10.7. The first-order valence-electron chi connectivity index (χ1n) is 5.70. The molecule has 0 unspecified atom stereocenters. The highest BCUT2D eigenvalue weighted by molar-refractivity contribution is 8.00. The molecule has 0 saturated heterocycles. The highest BCUT2D eigenvalue weighted by atomic mass is 35.5. The lowest BCUT2D eigenvalue weighted by Crippen LogP contribution is -2.03. The lowest BCUT2D eigenvalue weighted by Gasteiger charge is -2.16. The van der Waals surface area contributed by atoms with E-state index >= 15 is 0 Å². The maximum Gasteiger partial charge on any atom is 0.313 e. The van der Waals surface area contributed by atoms with Crippen LogP contribution in [-0.4, -0.2) is 16.8 Å². The van der Waals surface area contributed by atoms with Crippen molar-refractivity contribution in [2.75, 3.05) is 5.75 Å². The van der Waals surface area contributed by atoms with Gasteiger partial charge < -0.3 is 5.11 Å². The molecule has 0 radical (unpaired) electrons. The second kappa shape index (κ2) is 7.87. The largest absolute Gasteiger partial charge is 0.481 e. The fourth-order valence-electron chi connectivity index (χ4n) is 1.80. The molecule has 2 aromatic rings. The SMILES string of the molecule is Cl.O=C(O)CSC(c1ccccc1)c1ccccc1. The highest BCUT2D eigenvalue weighted by Gasteiger charge is 2.15. The van der Waals surface area contributed by atoms with E-state index in [0.29, 0.717) is 0 Å². The third-order valence-corrected chi connectivity index (χ3v) is 3.87. The molecule has 0 aliphatic carbocycles. The second-order valence-corrected chi connectivity index (χ2v) is 5.00. The number of aliphatic carboxylic acids is 1. The molecule has 2 rings (SSSR count). The summed E-state index contributed by atoms with van der Waals surface area (Å²) in [5, 5.41) is 8.91. The predicted octanol–water partition coefficient (Wildman–Crippen LogP) is 4.02. The van der Waals surface area contributed by atoms with Gasteiger partial charge in [0, 0.05) is 0 Å². The van der Waals surface area contributed by atoms with Crippen LogP contribution < -0.4 is 0 Å². The average molecular weight is 295 g/mol. The van der Waals surface area contributed by atoms with Gasteiger partial charge in [-0.15, -0.1) is 24.2 Å². The summed E-state index contributed by atoms with van der Waals surface area (Å²) >= 11 is 1.44. The van der Waals surface area contributed by atoms with Crippen molar-refractivity contribution < 1.29 is 9.90 Å². The molecule has 0 aliphatic rings. The molecule has 0 bridgehead atoms. The average Bonchev–Trinajstić information content (AvgIpc) is 2.41. The van der Waals surface area contributed by atoms with E-state index in [1.807, 2.05) is 60.7 Å². The predicted molar refractivity (Wildman–Crippen MR) is 82.1 cm³/mol. The van der Waals surface area contributed by atoms with Crippen LogP contribution in [0.25, 0.3) is 0 Å². The van der Waals surface area contributed by atoms with Crippen molar-refractivity contribution in [3.63, 3.8) is 0 Å². The van der Waals surface area contributed by atoms with E-state index in [1.54, 1.807) is 0 Å². The van der Waals surface area contributed by atoms with Gasteiger partial charge in [0.25, 0.3) is 0 Å². The zero-order valence-corrected chi connectivity index (χ0v) is 11.9. The summed E-state index contributed by atoms with van der Waals surface area (Å²) in [6.45, 7) is 0. The molecule has 2 nitrogen and oxygen atoms in total. The molecular formula is C15H15ClO2S. The van der Waals surface area contributed by atoms with Crippen LogP contribution in [0, 0.1) is 0 Å². The Kier molecular flexibility index (Phi) is 6.46. The third kappa shape index (κ3) is 4.62. The molecule has 0 aliphatic heterocycles. The summed E-state index contributed by atoms with van der Waals surface area (Å²) in [6.07, 6.45) is 0. The maximum absolute atomic E-state index is 10.7. The summed E-state index contributed by atoms with van der Waals surface area (Å²) in [5.74, 6) is -0.675. The molecule has 0 spiro atoms. The minimum atomic E-state index is -0.781. The van der Waals surface area contributed by atoms with Gasteiger partial charge in [-0.3, -0.25) is 4.79 Å². The molecular weight excluding hydrogens is 280 g/mol. The van der Waals surface area contributed by atoms with Crippen LogP contribution >= 0.6 is 24.2 Å². The lowest BCUT2D eigenvalue weighted by atomic mass is 10.0. The minimum Gasteiger partial charge on any atom is -0.481 e. The van der Waals surface area contributed by atoms with Crippen LogP contribution in [0.3, 0.4) is 0 Å². The van der Waals surface area contributed by atoms with Crippen LogP contribution in [0.4, 0.5) is 0 Å². The van der Waals surface area contributed by atoms with Gasteiger partial charge in [-0.05, 0) is 11.1 Å². The van der Waals surface area contributed by atoms with Crippen molar-refractivity contribution in [3.05, 3.63) is 71.8 Å². The molecule has 0 fully saturated rings. The molecule has 0 aromatic heterocycles. The van der Waals surface area contributed by atoms with Crippen LogP contribution in [0.2, 0.25) is 0 Å². The van der Waals surface area contributed by atoms with E-state index in [0.717, 1.165) is 11.1 Å². The van der Waals surface area contributed by atoms with Crippen molar-refractivity contribution in [2.24, 2.45) is 0 Å². The monoisotopic (exact) mass is 294 g/mol. The topological polar surface area (TPSA) is 37.3 Å². The van der Waals surface area contributed by atoms with Crippen molar-refractivity contribution in [2.45, 2.75) is 5.25 Å². The zero-order valence-electron chi connectivity index (χ0n) is 10.2. The molecule has 4 heteroatoms. The standard InChI is InChI=1S/C15H14O2S.ClH/c16-14(17)11-18-15(12-7-3-1-4-8-12)13-9-5-2-6-10-13;/h1-10,15H,11H2,(H,16,17);1H. The van der Waals surface area contributed by atoms with Gasteiger partial charge in [0.05, 0.1) is 11.0 Å². The summed E-state index contributed by atoms with van der Waals surface area (Å²) in [4.78, 5) is 10.7. The number of benzene rings is 2. The van der Waals surface area contributed by atoms with Crippen LogP contribution in [0.15, 0.2) is 60.7 Å².